The number of anilines is 3. The van der Waals surface area contributed by atoms with Crippen LogP contribution in [-0.2, 0) is 0 Å². The first-order valence-corrected chi connectivity index (χ1v) is 10.8. The van der Waals surface area contributed by atoms with Gasteiger partial charge in [-0.25, -0.2) is 9.97 Å². The Morgan fingerprint density at radius 3 is 1.89 bits per heavy atom. The molecule has 2 fully saturated rings. The molecule has 28 heavy (non-hydrogen) atoms. The zero-order valence-electron chi connectivity index (χ0n) is 17.6. The second-order valence-electron chi connectivity index (χ2n) is 8.23. The van der Waals surface area contributed by atoms with E-state index in [4.69, 9.17) is 9.97 Å². The standard InChI is InChI=1S/C23H33N5/c1-18-9-8-10-21(19(18)2)26-13-15-28(16-14-26)23-17-22(24-20(3)25-23)27-11-6-4-5-7-12-27/h8-10,17H,4-7,11-16H2,1-3H3. The summed E-state index contributed by atoms with van der Waals surface area (Å²) in [7, 11) is 0. The van der Waals surface area contributed by atoms with E-state index in [1.165, 1.54) is 42.5 Å². The molecule has 0 unspecified atom stereocenters. The van der Waals surface area contributed by atoms with Crippen molar-refractivity contribution in [1.82, 2.24) is 9.97 Å². The van der Waals surface area contributed by atoms with E-state index in [1.54, 1.807) is 0 Å². The van der Waals surface area contributed by atoms with Crippen LogP contribution in [0.4, 0.5) is 17.3 Å². The summed E-state index contributed by atoms with van der Waals surface area (Å²) in [6.07, 6.45) is 5.22. The van der Waals surface area contributed by atoms with Crippen molar-refractivity contribution in [3.63, 3.8) is 0 Å². The summed E-state index contributed by atoms with van der Waals surface area (Å²) in [4.78, 5) is 16.9. The van der Waals surface area contributed by atoms with Crippen LogP contribution in [0, 0.1) is 20.8 Å². The first-order chi connectivity index (χ1) is 13.6. The van der Waals surface area contributed by atoms with E-state index in [2.05, 4.69) is 52.8 Å². The molecule has 0 aliphatic carbocycles. The van der Waals surface area contributed by atoms with Crippen LogP contribution in [0.1, 0.15) is 42.6 Å². The minimum Gasteiger partial charge on any atom is -0.368 e. The summed E-state index contributed by atoms with van der Waals surface area (Å²) in [5.41, 5.74) is 4.15. The van der Waals surface area contributed by atoms with Crippen LogP contribution >= 0.6 is 0 Å². The molecule has 0 N–H and O–H groups in total. The molecule has 0 saturated carbocycles. The molecule has 3 heterocycles. The molecule has 150 valence electrons. The van der Waals surface area contributed by atoms with Gasteiger partial charge in [0, 0.05) is 51.0 Å². The Balaban J connectivity index is 1.47. The lowest BCUT2D eigenvalue weighted by Gasteiger charge is -2.38. The number of piperazine rings is 1. The third kappa shape index (κ3) is 4.08. The van der Waals surface area contributed by atoms with Gasteiger partial charge in [-0.1, -0.05) is 25.0 Å². The highest BCUT2D eigenvalue weighted by Gasteiger charge is 2.21. The van der Waals surface area contributed by atoms with Gasteiger partial charge in [0.2, 0.25) is 0 Å². The second kappa shape index (κ2) is 8.38. The average molecular weight is 380 g/mol. The van der Waals surface area contributed by atoms with Gasteiger partial charge in [-0.3, -0.25) is 0 Å². The van der Waals surface area contributed by atoms with Gasteiger partial charge in [-0.2, -0.15) is 0 Å². The molecule has 2 aliphatic rings. The quantitative estimate of drug-likeness (QED) is 0.802. The van der Waals surface area contributed by atoms with Gasteiger partial charge in [0.1, 0.15) is 17.5 Å². The highest BCUT2D eigenvalue weighted by molar-refractivity contribution is 5.58. The molecule has 0 atom stereocenters. The number of hydrogen-bond acceptors (Lipinski definition) is 5. The van der Waals surface area contributed by atoms with Crippen molar-refractivity contribution in [2.75, 3.05) is 54.0 Å². The molecular weight excluding hydrogens is 346 g/mol. The number of aromatic nitrogens is 2. The summed E-state index contributed by atoms with van der Waals surface area (Å²) in [6.45, 7) is 12.8. The van der Waals surface area contributed by atoms with Crippen molar-refractivity contribution in [2.24, 2.45) is 0 Å². The van der Waals surface area contributed by atoms with Gasteiger partial charge < -0.3 is 14.7 Å². The molecule has 0 amide bonds. The molecule has 2 aliphatic heterocycles. The molecule has 2 aromatic rings. The van der Waals surface area contributed by atoms with Crippen molar-refractivity contribution in [1.29, 1.82) is 0 Å². The maximum absolute atomic E-state index is 4.77. The lowest BCUT2D eigenvalue weighted by molar-refractivity contribution is 0.643. The Morgan fingerprint density at radius 1 is 0.679 bits per heavy atom. The van der Waals surface area contributed by atoms with Crippen LogP contribution in [-0.4, -0.2) is 49.2 Å². The fourth-order valence-electron chi connectivity index (χ4n) is 4.41. The van der Waals surface area contributed by atoms with E-state index >= 15 is 0 Å². The van der Waals surface area contributed by atoms with Crippen molar-refractivity contribution >= 4 is 17.3 Å². The molecule has 1 aromatic carbocycles. The Labute approximate surface area is 169 Å². The fourth-order valence-corrected chi connectivity index (χ4v) is 4.41. The number of hydrogen-bond donors (Lipinski definition) is 0. The minimum atomic E-state index is 0.883. The zero-order chi connectivity index (χ0) is 19.5. The summed E-state index contributed by atoms with van der Waals surface area (Å²) in [5.74, 6) is 3.09. The van der Waals surface area contributed by atoms with Crippen LogP contribution in [0.15, 0.2) is 24.3 Å². The van der Waals surface area contributed by atoms with E-state index in [9.17, 15) is 0 Å². The van der Waals surface area contributed by atoms with Crippen LogP contribution in [0.3, 0.4) is 0 Å². The number of nitrogens with zero attached hydrogens (tertiary/aromatic N) is 5. The third-order valence-electron chi connectivity index (χ3n) is 6.26. The van der Waals surface area contributed by atoms with Gasteiger partial charge in [0.25, 0.3) is 0 Å². The molecule has 4 rings (SSSR count). The van der Waals surface area contributed by atoms with Crippen molar-refractivity contribution in [3.05, 3.63) is 41.2 Å². The second-order valence-corrected chi connectivity index (χ2v) is 8.23. The van der Waals surface area contributed by atoms with Gasteiger partial charge in [0.15, 0.2) is 0 Å². The zero-order valence-corrected chi connectivity index (χ0v) is 17.6. The van der Waals surface area contributed by atoms with Crippen molar-refractivity contribution in [2.45, 2.75) is 46.5 Å². The van der Waals surface area contributed by atoms with Gasteiger partial charge in [-0.15, -0.1) is 0 Å². The first-order valence-electron chi connectivity index (χ1n) is 10.8. The first kappa shape index (κ1) is 19.0. The SMILES string of the molecule is Cc1nc(N2CCCCCC2)cc(N2CCN(c3cccc(C)c3C)CC2)n1. The minimum absolute atomic E-state index is 0.883. The molecular formula is C23H33N5. The fraction of sp³-hybridized carbons (Fsp3) is 0.565. The summed E-state index contributed by atoms with van der Waals surface area (Å²) < 4.78 is 0. The van der Waals surface area contributed by atoms with Gasteiger partial charge in [0.05, 0.1) is 0 Å². The van der Waals surface area contributed by atoms with Gasteiger partial charge >= 0.3 is 0 Å². The summed E-state index contributed by atoms with van der Waals surface area (Å²) in [6, 6.07) is 8.84. The third-order valence-corrected chi connectivity index (χ3v) is 6.26. The number of aryl methyl sites for hydroxylation is 2. The van der Waals surface area contributed by atoms with Crippen LogP contribution in [0.5, 0.6) is 0 Å². The lowest BCUT2D eigenvalue weighted by Crippen LogP contribution is -2.47. The van der Waals surface area contributed by atoms with E-state index in [-0.39, 0.29) is 0 Å². The summed E-state index contributed by atoms with van der Waals surface area (Å²) >= 11 is 0. The lowest BCUT2D eigenvalue weighted by atomic mass is 10.1. The van der Waals surface area contributed by atoms with E-state index in [1.807, 2.05) is 6.92 Å². The monoisotopic (exact) mass is 379 g/mol. The Bertz CT molecular complexity index is 803. The Hall–Kier alpha value is -2.30. The van der Waals surface area contributed by atoms with Crippen LogP contribution in [0.2, 0.25) is 0 Å². The van der Waals surface area contributed by atoms with E-state index < -0.39 is 0 Å². The number of benzene rings is 1. The van der Waals surface area contributed by atoms with Crippen molar-refractivity contribution in [3.8, 4) is 0 Å². The maximum atomic E-state index is 4.77. The predicted molar refractivity (Wildman–Crippen MR) is 118 cm³/mol. The van der Waals surface area contributed by atoms with Crippen LogP contribution in [0.25, 0.3) is 0 Å². The smallest absolute Gasteiger partial charge is 0.134 e. The highest BCUT2D eigenvalue weighted by atomic mass is 15.3. The molecule has 5 heteroatoms. The Morgan fingerprint density at radius 2 is 1.25 bits per heavy atom. The molecule has 0 bridgehead atoms. The average Bonchev–Trinajstić information content (AvgIpc) is 2.99. The highest BCUT2D eigenvalue weighted by Crippen LogP contribution is 2.26. The number of rotatable bonds is 3. The topological polar surface area (TPSA) is 35.5 Å². The van der Waals surface area contributed by atoms with Crippen LogP contribution < -0.4 is 14.7 Å². The summed E-state index contributed by atoms with van der Waals surface area (Å²) in [5, 5.41) is 0. The molecule has 0 radical (unpaired) electrons. The largest absolute Gasteiger partial charge is 0.368 e. The predicted octanol–water partition coefficient (Wildman–Crippen LogP) is 4.11. The molecule has 5 nitrogen and oxygen atoms in total. The van der Waals surface area contributed by atoms with E-state index in [0.717, 1.165) is 56.7 Å². The van der Waals surface area contributed by atoms with E-state index in [0.29, 0.717) is 0 Å². The molecule has 2 saturated heterocycles. The van der Waals surface area contributed by atoms with Gasteiger partial charge in [-0.05, 0) is 50.8 Å². The molecule has 0 spiro atoms. The Kier molecular flexibility index (Phi) is 5.69. The van der Waals surface area contributed by atoms with Crippen molar-refractivity contribution < 1.29 is 0 Å². The normalized spacial score (nSPS) is 18.3. The molecule has 1 aromatic heterocycles. The maximum Gasteiger partial charge on any atom is 0.134 e.